The van der Waals surface area contributed by atoms with Crippen LogP contribution in [0.15, 0.2) is 47.3 Å². The lowest BCUT2D eigenvalue weighted by Crippen LogP contribution is -2.28. The molecule has 0 amide bonds. The lowest BCUT2D eigenvalue weighted by Gasteiger charge is -2.15. The molecule has 0 radical (unpaired) electrons. The summed E-state index contributed by atoms with van der Waals surface area (Å²) in [7, 11) is 0. The summed E-state index contributed by atoms with van der Waals surface area (Å²) in [5, 5.41) is 3.26. The van der Waals surface area contributed by atoms with E-state index in [0.717, 1.165) is 34.6 Å². The lowest BCUT2D eigenvalue weighted by atomic mass is 10.0. The molecule has 3 aromatic rings. The fourth-order valence-electron chi connectivity index (χ4n) is 2.92. The van der Waals surface area contributed by atoms with Crippen molar-refractivity contribution in [2.24, 2.45) is 0 Å². The van der Waals surface area contributed by atoms with Gasteiger partial charge < -0.3 is 5.32 Å². The highest BCUT2D eigenvalue weighted by Crippen LogP contribution is 2.22. The number of nitrogens with zero attached hydrogens (tertiary/aromatic N) is 1. The van der Waals surface area contributed by atoms with Gasteiger partial charge in [0.05, 0.1) is 16.8 Å². The number of aromatic nitrogens is 1. The van der Waals surface area contributed by atoms with Gasteiger partial charge in [-0.05, 0) is 36.1 Å². The number of aryl methyl sites for hydroxylation is 2. The summed E-state index contributed by atoms with van der Waals surface area (Å²) in [6, 6.07) is 13.6. The van der Waals surface area contributed by atoms with Crippen LogP contribution in [0, 0.1) is 0 Å². The number of hydrogen-bond donors (Lipinski definition) is 1. The topological polar surface area (TPSA) is 51.1 Å². The van der Waals surface area contributed by atoms with E-state index in [-0.39, 0.29) is 17.3 Å². The molecule has 0 spiro atoms. The molecule has 0 unspecified atom stereocenters. The van der Waals surface area contributed by atoms with Gasteiger partial charge in [-0.2, -0.15) is 0 Å². The molecule has 1 aromatic heterocycles. The SMILES string of the molecule is CCc1cccc(CC)c1NCC(=O)n1c(=O)sc2ccccc21. The summed E-state index contributed by atoms with van der Waals surface area (Å²) >= 11 is 1.10. The van der Waals surface area contributed by atoms with Crippen molar-refractivity contribution in [2.45, 2.75) is 26.7 Å². The van der Waals surface area contributed by atoms with E-state index in [9.17, 15) is 9.59 Å². The summed E-state index contributed by atoms with van der Waals surface area (Å²) in [5.74, 6) is -0.231. The molecule has 124 valence electrons. The van der Waals surface area contributed by atoms with Gasteiger partial charge in [-0.1, -0.05) is 55.5 Å². The number of para-hydroxylation sites is 2. The van der Waals surface area contributed by atoms with Crippen molar-refractivity contribution in [3.05, 3.63) is 63.3 Å². The molecule has 0 aliphatic rings. The Bertz CT molecular complexity index is 918. The van der Waals surface area contributed by atoms with Gasteiger partial charge in [0, 0.05) is 5.69 Å². The Morgan fingerprint density at radius 2 is 1.71 bits per heavy atom. The second-order valence-corrected chi connectivity index (χ2v) is 6.57. The molecule has 0 saturated heterocycles. The molecule has 0 bridgehead atoms. The summed E-state index contributed by atoms with van der Waals surface area (Å²) in [4.78, 5) is 24.6. The van der Waals surface area contributed by atoms with Crippen molar-refractivity contribution in [2.75, 3.05) is 11.9 Å². The number of nitrogens with one attached hydrogen (secondary N) is 1. The molecule has 1 N–H and O–H groups in total. The Morgan fingerprint density at radius 3 is 2.38 bits per heavy atom. The molecule has 1 heterocycles. The van der Waals surface area contributed by atoms with E-state index in [1.165, 1.54) is 15.7 Å². The minimum Gasteiger partial charge on any atom is -0.376 e. The molecule has 5 heteroatoms. The Labute approximate surface area is 144 Å². The van der Waals surface area contributed by atoms with E-state index in [1.54, 1.807) is 0 Å². The Kier molecular flexibility index (Phi) is 4.81. The van der Waals surface area contributed by atoms with E-state index in [2.05, 4.69) is 31.3 Å². The first kappa shape index (κ1) is 16.5. The molecule has 0 fully saturated rings. The third-order valence-electron chi connectivity index (χ3n) is 4.15. The number of hydrogen-bond acceptors (Lipinski definition) is 4. The zero-order chi connectivity index (χ0) is 17.1. The van der Waals surface area contributed by atoms with Gasteiger partial charge >= 0.3 is 4.87 Å². The molecule has 4 nitrogen and oxygen atoms in total. The van der Waals surface area contributed by atoms with Crippen LogP contribution in [-0.2, 0) is 12.8 Å². The molecule has 0 saturated carbocycles. The van der Waals surface area contributed by atoms with Gasteiger partial charge in [0.1, 0.15) is 0 Å². The van der Waals surface area contributed by atoms with Crippen molar-refractivity contribution < 1.29 is 4.79 Å². The summed E-state index contributed by atoms with van der Waals surface area (Å²) in [6.45, 7) is 4.29. The Balaban J connectivity index is 1.89. The average Bonchev–Trinajstić information content (AvgIpc) is 2.95. The van der Waals surface area contributed by atoms with E-state index in [4.69, 9.17) is 0 Å². The summed E-state index contributed by atoms with van der Waals surface area (Å²) < 4.78 is 2.10. The number of fused-ring (bicyclic) bond motifs is 1. The maximum Gasteiger partial charge on any atom is 0.315 e. The van der Waals surface area contributed by atoms with Crippen LogP contribution in [-0.4, -0.2) is 17.0 Å². The number of rotatable bonds is 5. The highest BCUT2D eigenvalue weighted by molar-refractivity contribution is 7.16. The maximum absolute atomic E-state index is 12.6. The maximum atomic E-state index is 12.6. The molecule has 24 heavy (non-hydrogen) atoms. The number of anilines is 1. The van der Waals surface area contributed by atoms with Gasteiger partial charge in [-0.15, -0.1) is 0 Å². The molecular formula is C19H20N2O2S. The molecule has 0 atom stereocenters. The second kappa shape index (κ2) is 7.01. The van der Waals surface area contributed by atoms with Crippen molar-refractivity contribution in [1.82, 2.24) is 4.57 Å². The minimum absolute atomic E-state index is 0.102. The first-order valence-electron chi connectivity index (χ1n) is 8.14. The number of thiazole rings is 1. The summed E-state index contributed by atoms with van der Waals surface area (Å²) in [5.41, 5.74) is 4.07. The van der Waals surface area contributed by atoms with Crippen molar-refractivity contribution in [3.63, 3.8) is 0 Å². The Morgan fingerprint density at radius 1 is 1.04 bits per heavy atom. The van der Waals surface area contributed by atoms with E-state index < -0.39 is 0 Å². The molecule has 0 aliphatic carbocycles. The highest BCUT2D eigenvalue weighted by atomic mass is 32.1. The van der Waals surface area contributed by atoms with Crippen LogP contribution in [0.5, 0.6) is 0 Å². The zero-order valence-corrected chi connectivity index (χ0v) is 14.7. The Hall–Kier alpha value is -2.40. The fraction of sp³-hybridized carbons (Fsp3) is 0.263. The van der Waals surface area contributed by atoms with Crippen molar-refractivity contribution in [3.8, 4) is 0 Å². The van der Waals surface area contributed by atoms with Crippen LogP contribution in [0.4, 0.5) is 5.69 Å². The van der Waals surface area contributed by atoms with Gasteiger partial charge in [0.25, 0.3) is 5.91 Å². The standard InChI is InChI=1S/C19H20N2O2S/c1-3-13-8-7-9-14(4-2)18(13)20-12-17(22)21-15-10-5-6-11-16(15)24-19(21)23/h5-11,20H,3-4,12H2,1-2H3. The van der Waals surface area contributed by atoms with Crippen LogP contribution in [0.2, 0.25) is 0 Å². The van der Waals surface area contributed by atoms with Gasteiger partial charge in [-0.25, -0.2) is 4.57 Å². The highest BCUT2D eigenvalue weighted by Gasteiger charge is 2.15. The number of carbonyl (C=O) groups excluding carboxylic acids is 1. The van der Waals surface area contributed by atoms with Gasteiger partial charge in [0.2, 0.25) is 0 Å². The number of benzene rings is 2. The third kappa shape index (κ3) is 2.99. The molecular weight excluding hydrogens is 320 g/mol. The smallest absolute Gasteiger partial charge is 0.315 e. The van der Waals surface area contributed by atoms with Crippen LogP contribution < -0.4 is 10.2 Å². The quantitative estimate of drug-likeness (QED) is 0.765. The monoisotopic (exact) mass is 340 g/mol. The second-order valence-electron chi connectivity index (χ2n) is 5.58. The first-order chi connectivity index (χ1) is 11.7. The van der Waals surface area contributed by atoms with Crippen LogP contribution >= 0.6 is 11.3 Å². The fourth-order valence-corrected chi connectivity index (χ4v) is 3.81. The lowest BCUT2D eigenvalue weighted by molar-refractivity contribution is 0.0931. The zero-order valence-electron chi connectivity index (χ0n) is 13.8. The van der Waals surface area contributed by atoms with Crippen molar-refractivity contribution in [1.29, 1.82) is 0 Å². The van der Waals surface area contributed by atoms with E-state index in [0.29, 0.717) is 5.52 Å². The summed E-state index contributed by atoms with van der Waals surface area (Å²) in [6.07, 6.45) is 1.79. The molecule has 0 aliphatic heterocycles. The molecule has 3 rings (SSSR count). The largest absolute Gasteiger partial charge is 0.376 e. The molecule has 2 aromatic carbocycles. The normalized spacial score (nSPS) is 10.9. The predicted molar refractivity (Wildman–Crippen MR) is 100 cm³/mol. The first-order valence-corrected chi connectivity index (χ1v) is 8.95. The van der Waals surface area contributed by atoms with Crippen LogP contribution in [0.3, 0.4) is 0 Å². The minimum atomic E-state index is -0.234. The average molecular weight is 340 g/mol. The van der Waals surface area contributed by atoms with Gasteiger partial charge in [-0.3, -0.25) is 9.59 Å². The van der Waals surface area contributed by atoms with Gasteiger partial charge in [0.15, 0.2) is 0 Å². The van der Waals surface area contributed by atoms with E-state index >= 15 is 0 Å². The predicted octanol–water partition coefficient (Wildman–Crippen LogP) is 3.94. The van der Waals surface area contributed by atoms with Crippen molar-refractivity contribution >= 4 is 33.1 Å². The van der Waals surface area contributed by atoms with Crippen LogP contribution in [0.25, 0.3) is 10.2 Å². The third-order valence-corrected chi connectivity index (χ3v) is 5.07. The van der Waals surface area contributed by atoms with E-state index in [1.807, 2.05) is 30.3 Å². The van der Waals surface area contributed by atoms with Crippen LogP contribution in [0.1, 0.15) is 29.8 Å². The number of carbonyl (C=O) groups is 1.